The quantitative estimate of drug-likeness (QED) is 0.729. The van der Waals surface area contributed by atoms with Crippen LogP contribution in [0.15, 0.2) is 0 Å². The van der Waals surface area contributed by atoms with Gasteiger partial charge < -0.3 is 14.4 Å². The molecular weight excluding hydrogens is 320 g/mol. The molecule has 0 aliphatic carbocycles. The van der Waals surface area contributed by atoms with Gasteiger partial charge in [-0.1, -0.05) is 0 Å². The number of piperidine rings is 2. The van der Waals surface area contributed by atoms with Crippen molar-refractivity contribution in [1.29, 1.82) is 0 Å². The number of carbonyl (C=O) groups excluding carboxylic acids is 2. The Morgan fingerprint density at radius 1 is 1.04 bits per heavy atom. The summed E-state index contributed by atoms with van der Waals surface area (Å²) in [6.07, 6.45) is 4.45. The van der Waals surface area contributed by atoms with Crippen molar-refractivity contribution in [2.75, 3.05) is 27.3 Å². The molecule has 2 heterocycles. The monoisotopic (exact) mass is 354 g/mol. The first-order valence-electron chi connectivity index (χ1n) is 9.32. The number of methoxy groups -OCH3 is 2. The number of hydrogen-bond donors (Lipinski definition) is 0. The fraction of sp³-hybridized carbons (Fsp3) is 0.895. The van der Waals surface area contributed by atoms with Crippen LogP contribution in [0, 0.1) is 5.92 Å². The Kier molecular flexibility index (Phi) is 6.02. The van der Waals surface area contributed by atoms with Gasteiger partial charge in [-0.3, -0.25) is 9.69 Å². The average molecular weight is 354 g/mol. The van der Waals surface area contributed by atoms with Gasteiger partial charge >= 0.3 is 12.1 Å². The summed E-state index contributed by atoms with van der Waals surface area (Å²) >= 11 is 0. The third-order valence-electron chi connectivity index (χ3n) is 6.09. The molecule has 0 bridgehead atoms. The van der Waals surface area contributed by atoms with Crippen LogP contribution >= 0.6 is 0 Å². The molecule has 1 amide bonds. The minimum absolute atomic E-state index is 0.0399. The molecule has 25 heavy (non-hydrogen) atoms. The first-order valence-corrected chi connectivity index (χ1v) is 9.32. The van der Waals surface area contributed by atoms with Crippen molar-refractivity contribution >= 4 is 12.1 Å². The Labute approximate surface area is 151 Å². The second-order valence-electron chi connectivity index (χ2n) is 8.65. The van der Waals surface area contributed by atoms with Crippen LogP contribution in [0.3, 0.4) is 0 Å². The van der Waals surface area contributed by atoms with E-state index in [2.05, 4.69) is 32.6 Å². The molecule has 2 rings (SSSR count). The number of esters is 1. The van der Waals surface area contributed by atoms with Crippen LogP contribution < -0.4 is 0 Å². The lowest BCUT2D eigenvalue weighted by Gasteiger charge is -2.55. The van der Waals surface area contributed by atoms with Crippen LogP contribution in [0.5, 0.6) is 0 Å². The molecule has 2 fully saturated rings. The van der Waals surface area contributed by atoms with Crippen LogP contribution in [-0.4, -0.2) is 66.3 Å². The highest BCUT2D eigenvalue weighted by Gasteiger charge is 2.45. The van der Waals surface area contributed by atoms with Gasteiger partial charge in [0.1, 0.15) is 0 Å². The van der Waals surface area contributed by atoms with Gasteiger partial charge in [-0.05, 0) is 59.8 Å². The van der Waals surface area contributed by atoms with E-state index in [-0.39, 0.29) is 35.1 Å². The van der Waals surface area contributed by atoms with E-state index in [1.54, 1.807) is 4.90 Å². The Morgan fingerprint density at radius 2 is 1.64 bits per heavy atom. The predicted molar refractivity (Wildman–Crippen MR) is 96.4 cm³/mol. The highest BCUT2D eigenvalue weighted by atomic mass is 16.5. The van der Waals surface area contributed by atoms with Gasteiger partial charge in [0.2, 0.25) is 0 Å². The zero-order chi connectivity index (χ0) is 18.8. The lowest BCUT2D eigenvalue weighted by molar-refractivity contribution is -0.148. The second kappa shape index (κ2) is 7.52. The van der Waals surface area contributed by atoms with E-state index in [1.165, 1.54) is 20.6 Å². The van der Waals surface area contributed by atoms with E-state index in [9.17, 15) is 9.59 Å². The van der Waals surface area contributed by atoms with Gasteiger partial charge in [0.05, 0.1) is 20.1 Å². The fourth-order valence-corrected chi connectivity index (χ4v) is 4.71. The molecule has 0 spiro atoms. The highest BCUT2D eigenvalue weighted by Crippen LogP contribution is 2.39. The Hall–Kier alpha value is -1.30. The van der Waals surface area contributed by atoms with Crippen LogP contribution in [-0.2, 0) is 14.3 Å². The van der Waals surface area contributed by atoms with Crippen molar-refractivity contribution in [3.05, 3.63) is 0 Å². The van der Waals surface area contributed by atoms with Gasteiger partial charge in [-0.15, -0.1) is 0 Å². The van der Waals surface area contributed by atoms with Crippen molar-refractivity contribution < 1.29 is 19.1 Å². The molecule has 0 N–H and O–H groups in total. The van der Waals surface area contributed by atoms with Gasteiger partial charge in [0, 0.05) is 30.2 Å². The van der Waals surface area contributed by atoms with Gasteiger partial charge in [-0.2, -0.15) is 0 Å². The summed E-state index contributed by atoms with van der Waals surface area (Å²) in [6.45, 7) is 10.4. The number of ether oxygens (including phenoxy) is 2. The number of carbonyl (C=O) groups is 2. The van der Waals surface area contributed by atoms with Gasteiger partial charge in [0.25, 0.3) is 0 Å². The zero-order valence-corrected chi connectivity index (χ0v) is 16.6. The van der Waals surface area contributed by atoms with Crippen molar-refractivity contribution in [2.45, 2.75) is 76.9 Å². The lowest BCUT2D eigenvalue weighted by Crippen LogP contribution is -2.63. The number of hydrogen-bond acceptors (Lipinski definition) is 5. The summed E-state index contributed by atoms with van der Waals surface area (Å²) in [4.78, 5) is 28.6. The van der Waals surface area contributed by atoms with E-state index < -0.39 is 0 Å². The lowest BCUT2D eigenvalue weighted by atomic mass is 9.78. The summed E-state index contributed by atoms with van der Waals surface area (Å²) < 4.78 is 9.93. The molecule has 0 radical (unpaired) electrons. The minimum Gasteiger partial charge on any atom is -0.469 e. The van der Waals surface area contributed by atoms with Crippen LogP contribution in [0.2, 0.25) is 0 Å². The number of likely N-dealkylation sites (tertiary alicyclic amines) is 2. The summed E-state index contributed by atoms with van der Waals surface area (Å²) in [5.74, 6) is -0.321. The maximum atomic E-state index is 12.3. The summed E-state index contributed by atoms with van der Waals surface area (Å²) in [6, 6.07) is -0.0399. The average Bonchev–Trinajstić information content (AvgIpc) is 2.56. The third-order valence-corrected chi connectivity index (χ3v) is 6.09. The second-order valence-corrected chi connectivity index (χ2v) is 8.65. The smallest absolute Gasteiger partial charge is 0.409 e. The topological polar surface area (TPSA) is 59.1 Å². The highest BCUT2D eigenvalue weighted by molar-refractivity contribution is 5.73. The van der Waals surface area contributed by atoms with E-state index in [4.69, 9.17) is 9.47 Å². The molecule has 6 nitrogen and oxygen atoms in total. The van der Waals surface area contributed by atoms with Crippen molar-refractivity contribution in [1.82, 2.24) is 9.80 Å². The number of amides is 1. The fourth-order valence-electron chi connectivity index (χ4n) is 4.71. The summed E-state index contributed by atoms with van der Waals surface area (Å²) in [7, 11) is 2.85. The van der Waals surface area contributed by atoms with Crippen LogP contribution in [0.4, 0.5) is 4.79 Å². The van der Waals surface area contributed by atoms with Crippen molar-refractivity contribution in [2.24, 2.45) is 5.92 Å². The Morgan fingerprint density at radius 3 is 2.16 bits per heavy atom. The van der Waals surface area contributed by atoms with Gasteiger partial charge in [0.15, 0.2) is 0 Å². The van der Waals surface area contributed by atoms with Crippen molar-refractivity contribution in [3.63, 3.8) is 0 Å². The van der Waals surface area contributed by atoms with Crippen molar-refractivity contribution in [3.8, 4) is 0 Å². The van der Waals surface area contributed by atoms with E-state index >= 15 is 0 Å². The molecule has 144 valence electrons. The number of nitrogens with zero attached hydrogens (tertiary/aromatic N) is 2. The molecule has 0 aromatic heterocycles. The van der Waals surface area contributed by atoms with E-state index in [1.807, 2.05) is 0 Å². The first kappa shape index (κ1) is 20.0. The maximum Gasteiger partial charge on any atom is 0.409 e. The molecule has 2 aliphatic heterocycles. The third kappa shape index (κ3) is 4.27. The van der Waals surface area contributed by atoms with E-state index in [0.717, 1.165) is 19.4 Å². The Bertz CT molecular complexity index is 488. The molecule has 2 aliphatic rings. The SMILES string of the molecule is COC(=O)[C@@H]1CCN(C(=O)OC)[C@H](CN2C(C)(C)CCCC2(C)C)C1. The molecule has 0 aromatic carbocycles. The Balaban J connectivity index is 2.23. The standard InChI is InChI=1S/C19H34N2O4/c1-18(2)9-7-10-19(3,4)21(18)13-15-12-14(16(22)24-5)8-11-20(15)17(23)25-6/h14-15H,7-13H2,1-6H3/t14-,15+/m1/s1. The van der Waals surface area contributed by atoms with E-state index in [0.29, 0.717) is 19.4 Å². The van der Waals surface area contributed by atoms with Crippen LogP contribution in [0.1, 0.15) is 59.8 Å². The predicted octanol–water partition coefficient (Wildman–Crippen LogP) is 3.05. The molecule has 6 heteroatoms. The van der Waals surface area contributed by atoms with Crippen LogP contribution in [0.25, 0.3) is 0 Å². The maximum absolute atomic E-state index is 12.3. The largest absolute Gasteiger partial charge is 0.469 e. The molecular formula is C19H34N2O4. The molecule has 0 saturated carbocycles. The normalized spacial score (nSPS) is 29.1. The molecule has 0 unspecified atom stereocenters. The van der Waals surface area contributed by atoms with Gasteiger partial charge in [-0.25, -0.2) is 4.79 Å². The minimum atomic E-state index is -0.305. The zero-order valence-electron chi connectivity index (χ0n) is 16.6. The molecule has 2 saturated heterocycles. The summed E-state index contributed by atoms with van der Waals surface area (Å²) in [5, 5.41) is 0. The number of rotatable bonds is 3. The molecule has 2 atom stereocenters. The summed E-state index contributed by atoms with van der Waals surface area (Å²) in [5.41, 5.74) is 0.142. The molecule has 0 aromatic rings. The first-order chi connectivity index (χ1) is 11.6.